The maximum absolute atomic E-state index is 11.3. The van der Waals surface area contributed by atoms with Gasteiger partial charge in [-0.1, -0.05) is 10.8 Å². The molecule has 0 saturated heterocycles. The lowest BCUT2D eigenvalue weighted by Crippen LogP contribution is -2.44. The van der Waals surface area contributed by atoms with Gasteiger partial charge in [0, 0.05) is 6.54 Å². The summed E-state index contributed by atoms with van der Waals surface area (Å²) in [6.07, 6.45) is 1.74. The van der Waals surface area contributed by atoms with E-state index in [9.17, 15) is 4.79 Å². The molecule has 0 amide bonds. The summed E-state index contributed by atoms with van der Waals surface area (Å²) < 4.78 is 6.41. The Kier molecular flexibility index (Phi) is 3.64. The Morgan fingerprint density at radius 1 is 1.71 bits per heavy atom. The number of nitrogens with one attached hydrogen (secondary N) is 2. The Morgan fingerprint density at radius 2 is 2.43 bits per heavy atom. The predicted octanol–water partition coefficient (Wildman–Crippen LogP) is 0.112. The molecule has 0 saturated carbocycles. The fourth-order valence-electron chi connectivity index (χ4n) is 1.17. The van der Waals surface area contributed by atoms with Crippen molar-refractivity contribution in [1.29, 1.82) is 0 Å². The highest BCUT2D eigenvalue weighted by Gasteiger charge is 2.22. The third-order valence-corrected chi connectivity index (χ3v) is 1.86. The average Bonchev–Trinajstić information content (AvgIpc) is 2.48. The molecule has 2 N–H and O–H groups in total. The van der Waals surface area contributed by atoms with Crippen LogP contribution in [-0.4, -0.2) is 11.8 Å². The van der Waals surface area contributed by atoms with Crippen molar-refractivity contribution in [2.45, 2.75) is 26.4 Å². The number of hydrogen-bond acceptors (Lipinski definition) is 3. The van der Waals surface area contributed by atoms with E-state index in [1.807, 2.05) is 13.8 Å². The van der Waals surface area contributed by atoms with Crippen LogP contribution in [0.25, 0.3) is 0 Å². The summed E-state index contributed by atoms with van der Waals surface area (Å²) in [7, 11) is 0. The summed E-state index contributed by atoms with van der Waals surface area (Å²) in [6, 6.07) is 0.182. The molecule has 0 aliphatic heterocycles. The minimum Gasteiger partial charge on any atom is -0.304 e. The molecule has 78 valence electrons. The minimum atomic E-state index is -0.324. The molecule has 0 fully saturated rings. The largest absolute Gasteiger partial charge is 0.431 e. The summed E-state index contributed by atoms with van der Waals surface area (Å²) in [4.78, 5) is 11.3. The van der Waals surface area contributed by atoms with Gasteiger partial charge in [-0.3, -0.25) is 4.52 Å². The van der Waals surface area contributed by atoms with Crippen LogP contribution < -0.4 is 15.6 Å². The zero-order valence-electron chi connectivity index (χ0n) is 8.54. The Balaban J connectivity index is 2.77. The summed E-state index contributed by atoms with van der Waals surface area (Å²) >= 11 is 0. The van der Waals surface area contributed by atoms with Gasteiger partial charge in [0.05, 0.1) is 6.54 Å². The fraction of sp³-hybridized carbons (Fsp3) is 0.556. The van der Waals surface area contributed by atoms with Crippen molar-refractivity contribution in [3.05, 3.63) is 28.8 Å². The summed E-state index contributed by atoms with van der Waals surface area (Å²) in [5, 5.41) is 5.62. The first-order valence-corrected chi connectivity index (χ1v) is 4.60. The molecule has 5 nitrogen and oxygen atoms in total. The highest BCUT2D eigenvalue weighted by molar-refractivity contribution is 4.83. The Labute approximate surface area is 82.4 Å². The number of H-pyrrole nitrogens is 1. The van der Waals surface area contributed by atoms with E-state index in [1.165, 1.54) is 0 Å². The third-order valence-electron chi connectivity index (χ3n) is 1.86. The quantitative estimate of drug-likeness (QED) is 0.401. The van der Waals surface area contributed by atoms with Crippen molar-refractivity contribution in [2.24, 2.45) is 0 Å². The number of hydrogen-bond donors (Lipinski definition) is 2. The first-order chi connectivity index (χ1) is 6.66. The molecular formula is C9H16N3O2+. The van der Waals surface area contributed by atoms with Gasteiger partial charge in [0.1, 0.15) is 0 Å². The van der Waals surface area contributed by atoms with Gasteiger partial charge in [0.15, 0.2) is 6.04 Å². The number of aromatic amines is 1. The molecule has 0 aromatic carbocycles. The molecule has 0 spiro atoms. The van der Waals surface area contributed by atoms with Crippen molar-refractivity contribution < 1.29 is 9.20 Å². The standard InChI is InChI=1S/C9H15N3O2/c1-4-5-10-6-8-9(13)14-11-12(8)7(2)3/h4,7,10H,1,5-6H2,2-3H3/p+1. The molecular weight excluding hydrogens is 182 g/mol. The molecule has 0 bridgehead atoms. The van der Waals surface area contributed by atoms with Gasteiger partial charge in [-0.2, -0.15) is 0 Å². The molecule has 0 aliphatic carbocycles. The van der Waals surface area contributed by atoms with Gasteiger partial charge < -0.3 is 5.32 Å². The molecule has 5 heteroatoms. The fourth-order valence-corrected chi connectivity index (χ4v) is 1.17. The molecule has 0 radical (unpaired) electrons. The van der Waals surface area contributed by atoms with Crippen molar-refractivity contribution >= 4 is 0 Å². The SMILES string of the molecule is C=CCNCc1c(=O)o[nH][n+]1C(C)C. The number of aromatic nitrogens is 2. The lowest BCUT2D eigenvalue weighted by atomic mass is 10.3. The van der Waals surface area contributed by atoms with E-state index in [1.54, 1.807) is 10.8 Å². The van der Waals surface area contributed by atoms with Crippen molar-refractivity contribution in [3.63, 3.8) is 0 Å². The lowest BCUT2D eigenvalue weighted by Gasteiger charge is -1.97. The van der Waals surface area contributed by atoms with E-state index < -0.39 is 0 Å². The first-order valence-electron chi connectivity index (χ1n) is 4.60. The molecule has 1 aromatic heterocycles. The average molecular weight is 198 g/mol. The van der Waals surface area contributed by atoms with Gasteiger partial charge >= 0.3 is 11.3 Å². The van der Waals surface area contributed by atoms with E-state index in [-0.39, 0.29) is 11.7 Å². The molecule has 14 heavy (non-hydrogen) atoms. The highest BCUT2D eigenvalue weighted by Crippen LogP contribution is 1.91. The van der Waals surface area contributed by atoms with Crippen LogP contribution >= 0.6 is 0 Å². The van der Waals surface area contributed by atoms with Crippen molar-refractivity contribution in [3.8, 4) is 0 Å². The van der Waals surface area contributed by atoms with Crippen molar-refractivity contribution in [2.75, 3.05) is 6.54 Å². The predicted molar refractivity (Wildman–Crippen MR) is 51.8 cm³/mol. The molecule has 0 atom stereocenters. The second-order valence-corrected chi connectivity index (χ2v) is 3.31. The zero-order valence-corrected chi connectivity index (χ0v) is 8.54. The smallest absolute Gasteiger partial charge is 0.304 e. The van der Waals surface area contributed by atoms with Crippen LogP contribution in [0, 0.1) is 0 Å². The number of rotatable bonds is 5. The molecule has 1 aromatic rings. The van der Waals surface area contributed by atoms with Crippen LogP contribution in [0.4, 0.5) is 0 Å². The van der Waals surface area contributed by atoms with Gasteiger partial charge in [-0.05, 0) is 19.1 Å². The molecule has 0 aliphatic rings. The second kappa shape index (κ2) is 4.76. The maximum atomic E-state index is 11.3. The first kappa shape index (κ1) is 10.7. The van der Waals surface area contributed by atoms with Crippen LogP contribution in [0.1, 0.15) is 25.6 Å². The van der Waals surface area contributed by atoms with Gasteiger partial charge in [-0.15, -0.1) is 6.58 Å². The Hall–Kier alpha value is -1.36. The topological polar surface area (TPSA) is 61.9 Å². The van der Waals surface area contributed by atoms with Gasteiger partial charge in [-0.25, -0.2) is 4.79 Å². The van der Waals surface area contributed by atoms with Crippen LogP contribution in [0.2, 0.25) is 0 Å². The van der Waals surface area contributed by atoms with Gasteiger partial charge in [0.25, 0.3) is 0 Å². The summed E-state index contributed by atoms with van der Waals surface area (Å²) in [5.74, 6) is 0. The minimum absolute atomic E-state index is 0.182. The normalized spacial score (nSPS) is 10.8. The van der Waals surface area contributed by atoms with E-state index in [4.69, 9.17) is 4.52 Å². The molecule has 1 rings (SSSR count). The highest BCUT2D eigenvalue weighted by atomic mass is 16.5. The monoisotopic (exact) mass is 198 g/mol. The third kappa shape index (κ3) is 2.32. The Morgan fingerprint density at radius 3 is 3.00 bits per heavy atom. The number of nitrogens with zero attached hydrogens (tertiary/aromatic N) is 1. The van der Waals surface area contributed by atoms with E-state index in [0.717, 1.165) is 0 Å². The maximum Gasteiger partial charge on any atom is 0.431 e. The Bertz CT molecular complexity index is 351. The summed E-state index contributed by atoms with van der Waals surface area (Å²) in [6.45, 7) is 8.68. The van der Waals surface area contributed by atoms with Gasteiger partial charge in [0.2, 0.25) is 0 Å². The van der Waals surface area contributed by atoms with Crippen LogP contribution in [-0.2, 0) is 6.54 Å². The van der Waals surface area contributed by atoms with Crippen molar-refractivity contribution in [1.82, 2.24) is 10.6 Å². The zero-order chi connectivity index (χ0) is 10.6. The molecule has 1 heterocycles. The second-order valence-electron chi connectivity index (χ2n) is 3.31. The van der Waals surface area contributed by atoms with E-state index in [2.05, 4.69) is 17.2 Å². The molecule has 0 unspecified atom stereocenters. The van der Waals surface area contributed by atoms with Crippen LogP contribution in [0.15, 0.2) is 22.0 Å². The van der Waals surface area contributed by atoms with E-state index in [0.29, 0.717) is 18.8 Å². The lowest BCUT2D eigenvalue weighted by molar-refractivity contribution is -0.785. The summed E-state index contributed by atoms with van der Waals surface area (Å²) in [5.41, 5.74) is 0.275. The van der Waals surface area contributed by atoms with E-state index >= 15 is 0 Å². The van der Waals surface area contributed by atoms with Crippen LogP contribution in [0.5, 0.6) is 0 Å². The van der Waals surface area contributed by atoms with Crippen LogP contribution in [0.3, 0.4) is 0 Å².